The summed E-state index contributed by atoms with van der Waals surface area (Å²) in [5.74, 6) is 1.76. The molecule has 5 heteroatoms. The molecule has 1 aromatic rings. The highest BCUT2D eigenvalue weighted by Crippen LogP contribution is 2.27. The largest absolute Gasteiger partial charge is 0.357 e. The number of aromatic nitrogens is 2. The van der Waals surface area contributed by atoms with Gasteiger partial charge in [-0.3, -0.25) is 4.68 Å². The van der Waals surface area contributed by atoms with E-state index >= 15 is 0 Å². The van der Waals surface area contributed by atoms with Crippen molar-refractivity contribution in [3.05, 3.63) is 18.0 Å². The monoisotopic (exact) mass is 235 g/mol. The van der Waals surface area contributed by atoms with Gasteiger partial charge in [0.25, 0.3) is 0 Å². The van der Waals surface area contributed by atoms with Crippen LogP contribution in [0.4, 0.5) is 0 Å². The third kappa shape index (κ3) is 4.09. The van der Waals surface area contributed by atoms with E-state index in [4.69, 9.17) is 0 Å². The van der Waals surface area contributed by atoms with E-state index in [1.54, 1.807) is 4.68 Å². The molecule has 1 aromatic heterocycles. The molecule has 2 N–H and O–H groups in total. The van der Waals surface area contributed by atoms with Crippen LogP contribution < -0.4 is 10.6 Å². The lowest BCUT2D eigenvalue weighted by atomic mass is 10.4. The highest BCUT2D eigenvalue weighted by atomic mass is 15.2. The zero-order valence-electron chi connectivity index (χ0n) is 10.6. The van der Waals surface area contributed by atoms with E-state index in [0.717, 1.165) is 30.5 Å². The summed E-state index contributed by atoms with van der Waals surface area (Å²) in [5.41, 5.74) is 1.14. The number of hydrogen-bond acceptors (Lipinski definition) is 2. The predicted octanol–water partition coefficient (Wildman–Crippen LogP) is 0.885. The van der Waals surface area contributed by atoms with Crippen LogP contribution in [-0.4, -0.2) is 28.8 Å². The molecule has 1 aliphatic carbocycles. The van der Waals surface area contributed by atoms with Gasteiger partial charge in [0, 0.05) is 31.9 Å². The third-order valence-corrected chi connectivity index (χ3v) is 2.78. The zero-order valence-corrected chi connectivity index (χ0v) is 10.6. The van der Waals surface area contributed by atoms with Crippen molar-refractivity contribution in [3.63, 3.8) is 0 Å². The first-order chi connectivity index (χ1) is 8.28. The molecule has 17 heavy (non-hydrogen) atoms. The molecule has 0 atom stereocenters. The Morgan fingerprint density at radius 3 is 2.94 bits per heavy atom. The Morgan fingerprint density at radius 1 is 1.53 bits per heavy atom. The summed E-state index contributed by atoms with van der Waals surface area (Å²) in [5, 5.41) is 10.8. The second kappa shape index (κ2) is 5.70. The van der Waals surface area contributed by atoms with E-state index in [-0.39, 0.29) is 0 Å². The minimum Gasteiger partial charge on any atom is -0.357 e. The van der Waals surface area contributed by atoms with Crippen LogP contribution in [0.25, 0.3) is 0 Å². The van der Waals surface area contributed by atoms with Crippen LogP contribution in [0.2, 0.25) is 0 Å². The van der Waals surface area contributed by atoms with E-state index in [1.165, 1.54) is 12.8 Å². The molecular formula is C12H21N5. The van der Waals surface area contributed by atoms with Gasteiger partial charge < -0.3 is 10.6 Å². The Hall–Kier alpha value is -1.52. The van der Waals surface area contributed by atoms with Gasteiger partial charge in [-0.25, -0.2) is 4.99 Å². The summed E-state index contributed by atoms with van der Waals surface area (Å²) in [7, 11) is 1.92. The quantitative estimate of drug-likeness (QED) is 0.588. The maximum Gasteiger partial charge on any atom is 0.191 e. The number of aryl methyl sites for hydroxylation is 1. The highest BCUT2D eigenvalue weighted by molar-refractivity contribution is 5.79. The van der Waals surface area contributed by atoms with Gasteiger partial charge in [-0.2, -0.15) is 5.10 Å². The van der Waals surface area contributed by atoms with Gasteiger partial charge >= 0.3 is 0 Å². The Labute approximate surface area is 102 Å². The number of nitrogens with zero attached hydrogens (tertiary/aromatic N) is 3. The molecule has 0 aliphatic heterocycles. The molecule has 1 heterocycles. The molecule has 1 fully saturated rings. The van der Waals surface area contributed by atoms with Crippen LogP contribution >= 0.6 is 0 Å². The van der Waals surface area contributed by atoms with E-state index < -0.39 is 0 Å². The summed E-state index contributed by atoms with van der Waals surface area (Å²) < 4.78 is 1.80. The van der Waals surface area contributed by atoms with Crippen LogP contribution in [0.1, 0.15) is 25.3 Å². The van der Waals surface area contributed by atoms with Crippen LogP contribution in [0.15, 0.2) is 17.4 Å². The number of nitrogens with one attached hydrogen (secondary N) is 2. The molecule has 94 valence electrons. The average molecular weight is 235 g/mol. The molecule has 1 saturated carbocycles. The average Bonchev–Trinajstić information content (AvgIpc) is 3.05. The summed E-state index contributed by atoms with van der Waals surface area (Å²) in [4.78, 5) is 4.54. The molecule has 2 rings (SSSR count). The summed E-state index contributed by atoms with van der Waals surface area (Å²) in [6.45, 7) is 4.69. The van der Waals surface area contributed by atoms with Gasteiger partial charge in [0.15, 0.2) is 5.96 Å². The minimum atomic E-state index is 0.674. The van der Waals surface area contributed by atoms with Gasteiger partial charge in [-0.05, 0) is 25.7 Å². The van der Waals surface area contributed by atoms with Crippen LogP contribution in [0, 0.1) is 5.92 Å². The Bertz CT molecular complexity index is 378. The third-order valence-electron chi connectivity index (χ3n) is 2.78. The molecule has 0 aromatic carbocycles. The number of guanidine groups is 1. The van der Waals surface area contributed by atoms with Crippen LogP contribution in [-0.2, 0) is 13.6 Å². The van der Waals surface area contributed by atoms with Gasteiger partial charge in [0.05, 0.1) is 12.7 Å². The molecule has 0 spiro atoms. The summed E-state index contributed by atoms with van der Waals surface area (Å²) in [6, 6.07) is 0. The topological polar surface area (TPSA) is 54.2 Å². The minimum absolute atomic E-state index is 0.674. The molecule has 0 amide bonds. The molecule has 1 aliphatic rings. The standard InChI is InChI=1S/C12H21N5/c1-3-13-12(14-6-10-4-5-10)15-7-11-8-16-17(2)9-11/h8-10H,3-7H2,1-2H3,(H2,13,14,15). The maximum atomic E-state index is 4.54. The van der Waals surface area contributed by atoms with E-state index in [0.29, 0.717) is 6.54 Å². The fourth-order valence-electron chi connectivity index (χ4n) is 1.63. The number of hydrogen-bond donors (Lipinski definition) is 2. The van der Waals surface area contributed by atoms with Gasteiger partial charge in [0.1, 0.15) is 0 Å². The normalized spacial score (nSPS) is 16.0. The smallest absolute Gasteiger partial charge is 0.191 e. The first kappa shape index (κ1) is 12.0. The fourth-order valence-corrected chi connectivity index (χ4v) is 1.63. The zero-order chi connectivity index (χ0) is 12.1. The second-order valence-electron chi connectivity index (χ2n) is 4.54. The second-order valence-corrected chi connectivity index (χ2v) is 4.54. The fraction of sp³-hybridized carbons (Fsp3) is 0.667. The lowest BCUT2D eigenvalue weighted by molar-refractivity contribution is 0.739. The van der Waals surface area contributed by atoms with Crippen molar-refractivity contribution in [3.8, 4) is 0 Å². The maximum absolute atomic E-state index is 4.54. The van der Waals surface area contributed by atoms with Gasteiger partial charge in [-0.1, -0.05) is 0 Å². The lowest BCUT2D eigenvalue weighted by Crippen LogP contribution is -2.38. The molecule has 5 nitrogen and oxygen atoms in total. The van der Waals surface area contributed by atoms with E-state index in [9.17, 15) is 0 Å². The van der Waals surface area contributed by atoms with Crippen molar-refractivity contribution in [2.45, 2.75) is 26.3 Å². The van der Waals surface area contributed by atoms with E-state index in [1.807, 2.05) is 19.4 Å². The molecule has 0 bridgehead atoms. The molecule has 0 unspecified atom stereocenters. The predicted molar refractivity (Wildman–Crippen MR) is 68.8 cm³/mol. The van der Waals surface area contributed by atoms with Crippen LogP contribution in [0.3, 0.4) is 0 Å². The lowest BCUT2D eigenvalue weighted by Gasteiger charge is -2.10. The number of rotatable bonds is 5. The SMILES string of the molecule is CCNC(=NCc1cnn(C)c1)NCC1CC1. The molecule has 0 saturated heterocycles. The van der Waals surface area contributed by atoms with Crippen molar-refractivity contribution >= 4 is 5.96 Å². The highest BCUT2D eigenvalue weighted by Gasteiger charge is 2.20. The Kier molecular flexibility index (Phi) is 4.01. The van der Waals surface area contributed by atoms with Crippen LogP contribution in [0.5, 0.6) is 0 Å². The van der Waals surface area contributed by atoms with Crippen molar-refractivity contribution in [1.82, 2.24) is 20.4 Å². The Balaban J connectivity index is 1.84. The van der Waals surface area contributed by atoms with Gasteiger partial charge in [0.2, 0.25) is 0 Å². The van der Waals surface area contributed by atoms with Crippen molar-refractivity contribution in [2.75, 3.05) is 13.1 Å². The number of aliphatic imine (C=N–C) groups is 1. The van der Waals surface area contributed by atoms with Crippen molar-refractivity contribution < 1.29 is 0 Å². The molecular weight excluding hydrogens is 214 g/mol. The van der Waals surface area contributed by atoms with Crippen molar-refractivity contribution in [1.29, 1.82) is 0 Å². The van der Waals surface area contributed by atoms with Crippen molar-refractivity contribution in [2.24, 2.45) is 18.0 Å². The first-order valence-electron chi connectivity index (χ1n) is 6.27. The summed E-state index contributed by atoms with van der Waals surface area (Å²) in [6.07, 6.45) is 6.56. The first-order valence-corrected chi connectivity index (χ1v) is 6.27. The van der Waals surface area contributed by atoms with E-state index in [2.05, 4.69) is 27.6 Å². The van der Waals surface area contributed by atoms with Gasteiger partial charge in [-0.15, -0.1) is 0 Å². The summed E-state index contributed by atoms with van der Waals surface area (Å²) >= 11 is 0. The molecule has 0 radical (unpaired) electrons. The Morgan fingerprint density at radius 2 is 2.35 bits per heavy atom.